The normalized spacial score (nSPS) is 15.2. The van der Waals surface area contributed by atoms with E-state index in [2.05, 4.69) is 0 Å². The average molecular weight is 263 g/mol. The molecule has 18 heavy (non-hydrogen) atoms. The number of halogens is 3. The van der Waals surface area contributed by atoms with Crippen LogP contribution in [0.2, 0.25) is 0 Å². The molecule has 0 fully saturated rings. The van der Waals surface area contributed by atoms with Crippen LogP contribution in [0, 0.1) is 0 Å². The van der Waals surface area contributed by atoms with Gasteiger partial charge in [-0.1, -0.05) is 12.1 Å². The molecular formula is C12H16F3NO2. The first-order valence-electron chi connectivity index (χ1n) is 5.45. The van der Waals surface area contributed by atoms with E-state index in [1.165, 1.54) is 18.2 Å². The number of hydrogen-bond donors (Lipinski definition) is 2. The lowest BCUT2D eigenvalue weighted by Crippen LogP contribution is -2.41. The van der Waals surface area contributed by atoms with Crippen LogP contribution in [0.25, 0.3) is 0 Å². The Balaban J connectivity index is 2.69. The SMILES string of the molecule is CC(N)(CO)CCOc1ccccc1C(F)(F)F. The first-order chi connectivity index (χ1) is 8.26. The van der Waals surface area contributed by atoms with E-state index in [0.29, 0.717) is 0 Å². The Hall–Kier alpha value is -1.27. The lowest BCUT2D eigenvalue weighted by atomic mass is 10.0. The van der Waals surface area contributed by atoms with Gasteiger partial charge in [0, 0.05) is 12.0 Å². The van der Waals surface area contributed by atoms with Crippen LogP contribution in [0.3, 0.4) is 0 Å². The molecule has 0 heterocycles. The largest absolute Gasteiger partial charge is 0.493 e. The highest BCUT2D eigenvalue weighted by Gasteiger charge is 2.34. The first-order valence-corrected chi connectivity index (χ1v) is 5.45. The fourth-order valence-electron chi connectivity index (χ4n) is 1.30. The van der Waals surface area contributed by atoms with Gasteiger partial charge in [-0.05, 0) is 19.1 Å². The number of para-hydroxylation sites is 1. The van der Waals surface area contributed by atoms with E-state index < -0.39 is 17.3 Å². The second kappa shape index (κ2) is 5.58. The number of alkyl halides is 3. The van der Waals surface area contributed by atoms with Gasteiger partial charge in [-0.15, -0.1) is 0 Å². The molecule has 0 bridgehead atoms. The molecular weight excluding hydrogens is 247 g/mol. The van der Waals surface area contributed by atoms with Crippen molar-refractivity contribution in [1.29, 1.82) is 0 Å². The molecule has 0 aliphatic rings. The number of nitrogens with two attached hydrogens (primary N) is 1. The molecule has 0 aromatic heterocycles. The minimum absolute atomic E-state index is 0.0145. The van der Waals surface area contributed by atoms with Crippen LogP contribution in [-0.4, -0.2) is 23.9 Å². The van der Waals surface area contributed by atoms with Crippen molar-refractivity contribution in [3.8, 4) is 5.75 Å². The van der Waals surface area contributed by atoms with Crippen LogP contribution < -0.4 is 10.5 Å². The van der Waals surface area contributed by atoms with Crippen molar-refractivity contribution in [3.63, 3.8) is 0 Å². The second-order valence-electron chi connectivity index (χ2n) is 4.40. The summed E-state index contributed by atoms with van der Waals surface area (Å²) >= 11 is 0. The van der Waals surface area contributed by atoms with Gasteiger partial charge in [0.2, 0.25) is 0 Å². The maximum absolute atomic E-state index is 12.6. The fraction of sp³-hybridized carbons (Fsp3) is 0.500. The molecule has 1 aromatic rings. The summed E-state index contributed by atoms with van der Waals surface area (Å²) in [7, 11) is 0. The molecule has 0 saturated heterocycles. The minimum Gasteiger partial charge on any atom is -0.493 e. The number of ether oxygens (including phenoxy) is 1. The minimum atomic E-state index is -4.44. The van der Waals surface area contributed by atoms with Crippen molar-refractivity contribution in [3.05, 3.63) is 29.8 Å². The molecule has 1 atom stereocenters. The van der Waals surface area contributed by atoms with Crippen molar-refractivity contribution >= 4 is 0 Å². The molecule has 0 amide bonds. The van der Waals surface area contributed by atoms with Gasteiger partial charge >= 0.3 is 6.18 Å². The van der Waals surface area contributed by atoms with Crippen LogP contribution in [-0.2, 0) is 6.18 Å². The summed E-state index contributed by atoms with van der Waals surface area (Å²) in [6.07, 6.45) is -4.19. The van der Waals surface area contributed by atoms with E-state index in [1.54, 1.807) is 6.92 Å². The second-order valence-corrected chi connectivity index (χ2v) is 4.40. The summed E-state index contributed by atoms with van der Waals surface area (Å²) in [6, 6.07) is 4.99. The molecule has 0 saturated carbocycles. The van der Waals surface area contributed by atoms with Gasteiger partial charge in [0.25, 0.3) is 0 Å². The van der Waals surface area contributed by atoms with Crippen LogP contribution in [0.5, 0.6) is 5.75 Å². The summed E-state index contributed by atoms with van der Waals surface area (Å²) in [5, 5.41) is 8.91. The van der Waals surface area contributed by atoms with Gasteiger partial charge in [-0.25, -0.2) is 0 Å². The Morgan fingerprint density at radius 2 is 1.89 bits per heavy atom. The number of aliphatic hydroxyl groups excluding tert-OH is 1. The molecule has 0 spiro atoms. The first kappa shape index (κ1) is 14.8. The zero-order valence-corrected chi connectivity index (χ0v) is 10.00. The highest BCUT2D eigenvalue weighted by Crippen LogP contribution is 2.35. The standard InChI is InChI=1S/C12H16F3NO2/c1-11(16,8-17)6-7-18-10-5-3-2-4-9(10)12(13,14)15/h2-5,17H,6-8,16H2,1H3. The van der Waals surface area contributed by atoms with E-state index in [0.717, 1.165) is 6.07 Å². The summed E-state index contributed by atoms with van der Waals surface area (Å²) < 4.78 is 43.0. The number of aliphatic hydroxyl groups is 1. The van der Waals surface area contributed by atoms with Gasteiger partial charge in [0.05, 0.1) is 18.8 Å². The number of rotatable bonds is 5. The molecule has 3 N–H and O–H groups in total. The highest BCUT2D eigenvalue weighted by molar-refractivity contribution is 5.35. The molecule has 1 rings (SSSR count). The van der Waals surface area contributed by atoms with Crippen LogP contribution >= 0.6 is 0 Å². The van der Waals surface area contributed by atoms with Crippen molar-refractivity contribution in [2.45, 2.75) is 25.1 Å². The van der Waals surface area contributed by atoms with Crippen molar-refractivity contribution < 1.29 is 23.0 Å². The van der Waals surface area contributed by atoms with Crippen molar-refractivity contribution in [2.24, 2.45) is 5.73 Å². The van der Waals surface area contributed by atoms with Gasteiger partial charge in [0.1, 0.15) is 5.75 Å². The summed E-state index contributed by atoms with van der Waals surface area (Å²) in [5.41, 5.74) is 3.99. The van der Waals surface area contributed by atoms with Gasteiger partial charge < -0.3 is 15.6 Å². The third-order valence-electron chi connectivity index (χ3n) is 2.48. The maximum Gasteiger partial charge on any atom is 0.419 e. The topological polar surface area (TPSA) is 55.5 Å². The predicted molar refractivity (Wildman–Crippen MR) is 61.2 cm³/mol. The summed E-state index contributed by atoms with van der Waals surface area (Å²) in [5.74, 6) is -0.223. The van der Waals surface area contributed by atoms with Crippen LogP contribution in [0.15, 0.2) is 24.3 Å². The Morgan fingerprint density at radius 3 is 2.44 bits per heavy atom. The monoisotopic (exact) mass is 263 g/mol. The van der Waals surface area contributed by atoms with E-state index in [1.807, 2.05) is 0 Å². The zero-order valence-electron chi connectivity index (χ0n) is 10.00. The number of hydrogen-bond acceptors (Lipinski definition) is 3. The molecule has 0 radical (unpaired) electrons. The molecule has 0 aliphatic heterocycles. The highest BCUT2D eigenvalue weighted by atomic mass is 19.4. The summed E-state index contributed by atoms with van der Waals surface area (Å²) in [4.78, 5) is 0. The Kier molecular flexibility index (Phi) is 4.59. The number of benzene rings is 1. The van der Waals surface area contributed by atoms with Gasteiger partial charge in [0.15, 0.2) is 0 Å². The van der Waals surface area contributed by atoms with E-state index in [4.69, 9.17) is 15.6 Å². The van der Waals surface area contributed by atoms with E-state index in [9.17, 15) is 13.2 Å². The molecule has 102 valence electrons. The lowest BCUT2D eigenvalue weighted by molar-refractivity contribution is -0.139. The quantitative estimate of drug-likeness (QED) is 0.856. The Labute approximate surface area is 103 Å². The molecule has 6 heteroatoms. The lowest BCUT2D eigenvalue weighted by Gasteiger charge is -2.22. The van der Waals surface area contributed by atoms with Crippen LogP contribution in [0.1, 0.15) is 18.9 Å². The zero-order chi connectivity index (χ0) is 13.8. The van der Waals surface area contributed by atoms with E-state index >= 15 is 0 Å². The third-order valence-corrected chi connectivity index (χ3v) is 2.48. The predicted octanol–water partition coefficient (Wildman–Crippen LogP) is 2.18. The Bertz CT molecular complexity index is 391. The molecule has 1 aromatic carbocycles. The van der Waals surface area contributed by atoms with Crippen molar-refractivity contribution in [2.75, 3.05) is 13.2 Å². The summed E-state index contributed by atoms with van der Waals surface area (Å²) in [6.45, 7) is 1.37. The maximum atomic E-state index is 12.6. The van der Waals surface area contributed by atoms with Crippen molar-refractivity contribution in [1.82, 2.24) is 0 Å². The third kappa shape index (κ3) is 4.19. The molecule has 1 unspecified atom stereocenters. The molecule has 3 nitrogen and oxygen atoms in total. The average Bonchev–Trinajstić information content (AvgIpc) is 2.28. The fourth-order valence-corrected chi connectivity index (χ4v) is 1.30. The smallest absolute Gasteiger partial charge is 0.419 e. The van der Waals surface area contributed by atoms with Gasteiger partial charge in [-0.3, -0.25) is 0 Å². The van der Waals surface area contributed by atoms with Crippen LogP contribution in [0.4, 0.5) is 13.2 Å². The van der Waals surface area contributed by atoms with E-state index in [-0.39, 0.29) is 25.4 Å². The Morgan fingerprint density at radius 1 is 1.28 bits per heavy atom. The van der Waals surface area contributed by atoms with Gasteiger partial charge in [-0.2, -0.15) is 13.2 Å². The molecule has 0 aliphatic carbocycles.